The lowest BCUT2D eigenvalue weighted by molar-refractivity contribution is -0.148. The second kappa shape index (κ2) is 8.03. The fourth-order valence-electron chi connectivity index (χ4n) is 1.32. The Morgan fingerprint density at radius 2 is 2.20 bits per heavy atom. The fourth-order valence-corrected chi connectivity index (χ4v) is 1.32. The molecule has 0 rings (SSSR count). The van der Waals surface area contributed by atoms with Gasteiger partial charge in [0.05, 0.1) is 12.5 Å². The van der Waals surface area contributed by atoms with Crippen molar-refractivity contribution in [1.29, 1.82) is 0 Å². The molecule has 86 valence electrons. The van der Waals surface area contributed by atoms with Crippen molar-refractivity contribution in [3.63, 3.8) is 0 Å². The molecule has 2 N–H and O–H groups in total. The van der Waals surface area contributed by atoms with Crippen LogP contribution < -0.4 is 5.73 Å². The van der Waals surface area contributed by atoms with Crippen LogP contribution in [0, 0.1) is 5.92 Å². The highest BCUT2D eigenvalue weighted by atomic mass is 16.5. The Balaban J connectivity index is 3.97. The van der Waals surface area contributed by atoms with Gasteiger partial charge in [-0.1, -0.05) is 6.08 Å². The van der Waals surface area contributed by atoms with Crippen molar-refractivity contribution in [3.8, 4) is 0 Å². The Bertz CT molecular complexity index is 226. The van der Waals surface area contributed by atoms with Crippen LogP contribution in [0.15, 0.2) is 12.7 Å². The van der Waals surface area contributed by atoms with Crippen LogP contribution in [0.25, 0.3) is 0 Å². The average Bonchev–Trinajstić information content (AvgIpc) is 2.16. The molecule has 0 heterocycles. The molecule has 0 aromatic heterocycles. The molecule has 1 unspecified atom stereocenters. The highest BCUT2D eigenvalue weighted by molar-refractivity contribution is 5.74. The molecule has 0 bridgehead atoms. The first-order valence-corrected chi connectivity index (χ1v) is 5.17. The predicted molar refractivity (Wildman–Crippen MR) is 58.0 cm³/mol. The zero-order chi connectivity index (χ0) is 11.7. The van der Waals surface area contributed by atoms with Crippen LogP contribution in [0.2, 0.25) is 0 Å². The molecule has 1 atom stereocenters. The molecule has 0 aromatic rings. The van der Waals surface area contributed by atoms with Gasteiger partial charge in [0, 0.05) is 6.42 Å². The van der Waals surface area contributed by atoms with Crippen molar-refractivity contribution >= 4 is 11.9 Å². The van der Waals surface area contributed by atoms with Crippen molar-refractivity contribution in [3.05, 3.63) is 12.7 Å². The number of esters is 1. The minimum atomic E-state index is -0.337. The van der Waals surface area contributed by atoms with Crippen LogP contribution in [-0.2, 0) is 14.3 Å². The highest BCUT2D eigenvalue weighted by Crippen LogP contribution is 2.15. The molecule has 4 heteroatoms. The summed E-state index contributed by atoms with van der Waals surface area (Å²) < 4.78 is 4.91. The largest absolute Gasteiger partial charge is 0.466 e. The number of amides is 1. The smallest absolute Gasteiger partial charge is 0.309 e. The molecule has 15 heavy (non-hydrogen) atoms. The molecule has 0 saturated carbocycles. The number of ether oxygens (including phenoxy) is 1. The van der Waals surface area contributed by atoms with Gasteiger partial charge in [-0.15, -0.1) is 6.58 Å². The topological polar surface area (TPSA) is 69.4 Å². The zero-order valence-electron chi connectivity index (χ0n) is 9.20. The second-order valence-corrected chi connectivity index (χ2v) is 3.33. The number of primary amides is 1. The van der Waals surface area contributed by atoms with Gasteiger partial charge in [-0.05, 0) is 26.2 Å². The van der Waals surface area contributed by atoms with Crippen molar-refractivity contribution in [2.24, 2.45) is 11.7 Å². The Kier molecular flexibility index (Phi) is 7.32. The summed E-state index contributed by atoms with van der Waals surface area (Å²) in [6, 6.07) is 0. The molecular weight excluding hydrogens is 194 g/mol. The van der Waals surface area contributed by atoms with Gasteiger partial charge in [0.2, 0.25) is 5.91 Å². The van der Waals surface area contributed by atoms with E-state index in [-0.39, 0.29) is 17.8 Å². The standard InChI is InChI=1S/C11H19NO3/c1-3-6-9(11(14)15-4-2)7-5-8-10(12)13/h3,9H,1,4-8H2,2H3,(H2,12,13). The summed E-state index contributed by atoms with van der Waals surface area (Å²) in [7, 11) is 0. The maximum absolute atomic E-state index is 11.4. The van der Waals surface area contributed by atoms with E-state index < -0.39 is 0 Å². The summed E-state index contributed by atoms with van der Waals surface area (Å²) >= 11 is 0. The Labute approximate surface area is 90.5 Å². The number of hydrogen-bond acceptors (Lipinski definition) is 3. The Morgan fingerprint density at radius 1 is 1.53 bits per heavy atom. The third-order valence-corrected chi connectivity index (χ3v) is 2.05. The summed E-state index contributed by atoms with van der Waals surface area (Å²) in [6.07, 6.45) is 3.82. The zero-order valence-corrected chi connectivity index (χ0v) is 9.20. The first-order chi connectivity index (χ1) is 7.11. The number of carbonyl (C=O) groups is 2. The third-order valence-electron chi connectivity index (χ3n) is 2.05. The Morgan fingerprint density at radius 3 is 2.67 bits per heavy atom. The molecule has 0 aromatic carbocycles. The molecule has 0 radical (unpaired) electrons. The SMILES string of the molecule is C=CCC(CCCC(N)=O)C(=O)OCC. The van der Waals surface area contributed by atoms with Gasteiger partial charge in [0.1, 0.15) is 0 Å². The molecular formula is C11H19NO3. The van der Waals surface area contributed by atoms with E-state index >= 15 is 0 Å². The fraction of sp³-hybridized carbons (Fsp3) is 0.636. The molecule has 1 amide bonds. The van der Waals surface area contributed by atoms with E-state index in [1.54, 1.807) is 13.0 Å². The number of carbonyl (C=O) groups excluding carboxylic acids is 2. The summed E-state index contributed by atoms with van der Waals surface area (Å²) in [4.78, 5) is 21.9. The van der Waals surface area contributed by atoms with Gasteiger partial charge < -0.3 is 10.5 Å². The molecule has 0 aliphatic carbocycles. The van der Waals surface area contributed by atoms with Crippen LogP contribution in [0.4, 0.5) is 0 Å². The van der Waals surface area contributed by atoms with Crippen LogP contribution in [0.1, 0.15) is 32.6 Å². The highest BCUT2D eigenvalue weighted by Gasteiger charge is 2.17. The average molecular weight is 213 g/mol. The summed E-state index contributed by atoms with van der Waals surface area (Å²) in [5, 5.41) is 0. The lowest BCUT2D eigenvalue weighted by Crippen LogP contribution is -2.18. The quantitative estimate of drug-likeness (QED) is 0.489. The van der Waals surface area contributed by atoms with E-state index in [2.05, 4.69) is 6.58 Å². The molecule has 4 nitrogen and oxygen atoms in total. The molecule has 0 aliphatic heterocycles. The van der Waals surface area contributed by atoms with Gasteiger partial charge >= 0.3 is 5.97 Å². The van der Waals surface area contributed by atoms with E-state index in [0.717, 1.165) is 0 Å². The van der Waals surface area contributed by atoms with Crippen molar-refractivity contribution in [2.75, 3.05) is 6.61 Å². The normalized spacial score (nSPS) is 11.8. The van der Waals surface area contributed by atoms with Gasteiger partial charge in [-0.2, -0.15) is 0 Å². The van der Waals surface area contributed by atoms with E-state index in [1.165, 1.54) is 0 Å². The van der Waals surface area contributed by atoms with Gasteiger partial charge in [0.25, 0.3) is 0 Å². The predicted octanol–water partition coefficient (Wildman–Crippen LogP) is 1.40. The maximum atomic E-state index is 11.4. The van der Waals surface area contributed by atoms with Crippen molar-refractivity contribution in [2.45, 2.75) is 32.6 Å². The first-order valence-electron chi connectivity index (χ1n) is 5.17. The van der Waals surface area contributed by atoms with E-state index in [1.807, 2.05) is 0 Å². The summed E-state index contributed by atoms with van der Waals surface area (Å²) in [5.74, 6) is -0.750. The van der Waals surface area contributed by atoms with Crippen LogP contribution in [0.5, 0.6) is 0 Å². The van der Waals surface area contributed by atoms with E-state index in [9.17, 15) is 9.59 Å². The lowest BCUT2D eigenvalue weighted by Gasteiger charge is -2.12. The van der Waals surface area contributed by atoms with E-state index in [4.69, 9.17) is 10.5 Å². The summed E-state index contributed by atoms with van der Waals surface area (Å²) in [5.41, 5.74) is 5.01. The first kappa shape index (κ1) is 13.7. The number of allylic oxidation sites excluding steroid dienone is 1. The number of hydrogen-bond donors (Lipinski definition) is 1. The van der Waals surface area contributed by atoms with Crippen LogP contribution in [0.3, 0.4) is 0 Å². The van der Waals surface area contributed by atoms with Crippen molar-refractivity contribution in [1.82, 2.24) is 0 Å². The number of nitrogens with two attached hydrogens (primary N) is 1. The molecule has 0 spiro atoms. The minimum absolute atomic E-state index is 0.193. The monoisotopic (exact) mass is 213 g/mol. The van der Waals surface area contributed by atoms with Gasteiger partial charge in [-0.25, -0.2) is 0 Å². The molecule has 0 fully saturated rings. The molecule has 0 saturated heterocycles. The van der Waals surface area contributed by atoms with E-state index in [0.29, 0.717) is 32.3 Å². The minimum Gasteiger partial charge on any atom is -0.466 e. The second-order valence-electron chi connectivity index (χ2n) is 3.33. The van der Waals surface area contributed by atoms with Crippen LogP contribution >= 0.6 is 0 Å². The Hall–Kier alpha value is -1.32. The molecule has 0 aliphatic rings. The van der Waals surface area contributed by atoms with Crippen LogP contribution in [-0.4, -0.2) is 18.5 Å². The van der Waals surface area contributed by atoms with Crippen molar-refractivity contribution < 1.29 is 14.3 Å². The van der Waals surface area contributed by atoms with Gasteiger partial charge in [0.15, 0.2) is 0 Å². The third kappa shape index (κ3) is 6.71. The summed E-state index contributed by atoms with van der Waals surface area (Å²) in [6.45, 7) is 5.73. The lowest BCUT2D eigenvalue weighted by atomic mass is 9.98. The number of rotatable bonds is 8. The maximum Gasteiger partial charge on any atom is 0.309 e. The van der Waals surface area contributed by atoms with Gasteiger partial charge in [-0.3, -0.25) is 9.59 Å².